The molecule has 0 bridgehead atoms. The number of hydrogen-bond acceptors (Lipinski definition) is 2. The van der Waals surface area contributed by atoms with Gasteiger partial charge in [-0.3, -0.25) is 0 Å². The molecule has 1 aliphatic heterocycles. The van der Waals surface area contributed by atoms with Crippen molar-refractivity contribution in [3.8, 4) is 0 Å². The normalized spacial score (nSPS) is 22.3. The number of likely N-dealkylation sites (tertiary alicyclic amines) is 1. The molecule has 1 unspecified atom stereocenters. The Labute approximate surface area is 115 Å². The van der Waals surface area contributed by atoms with Crippen LogP contribution >= 0.6 is 0 Å². The van der Waals surface area contributed by atoms with Crippen molar-refractivity contribution in [1.82, 2.24) is 10.2 Å². The highest BCUT2D eigenvalue weighted by atomic mass is 15.2. The third-order valence-electron chi connectivity index (χ3n) is 5.14. The quantitative estimate of drug-likeness (QED) is 0.748. The van der Waals surface area contributed by atoms with Crippen LogP contribution in [0.2, 0.25) is 0 Å². The third kappa shape index (κ3) is 4.24. The van der Waals surface area contributed by atoms with Gasteiger partial charge in [0.05, 0.1) is 0 Å². The van der Waals surface area contributed by atoms with Crippen LogP contribution in [0.3, 0.4) is 0 Å². The second kappa shape index (κ2) is 7.49. The third-order valence-corrected chi connectivity index (χ3v) is 5.14. The monoisotopic (exact) mass is 254 g/mol. The molecule has 1 rings (SSSR count). The zero-order valence-corrected chi connectivity index (χ0v) is 13.3. The zero-order chi connectivity index (χ0) is 13.6. The van der Waals surface area contributed by atoms with Crippen molar-refractivity contribution in [2.75, 3.05) is 26.2 Å². The molecule has 0 saturated carbocycles. The summed E-state index contributed by atoms with van der Waals surface area (Å²) in [6.07, 6.45) is 5.52. The van der Waals surface area contributed by atoms with E-state index in [2.05, 4.69) is 44.8 Å². The molecule has 1 fully saturated rings. The summed E-state index contributed by atoms with van der Waals surface area (Å²) in [5.41, 5.74) is 0.655. The molecule has 1 heterocycles. The molecule has 0 aromatic rings. The van der Waals surface area contributed by atoms with Crippen LogP contribution in [0.15, 0.2) is 0 Å². The summed E-state index contributed by atoms with van der Waals surface area (Å²) >= 11 is 0. The van der Waals surface area contributed by atoms with Gasteiger partial charge < -0.3 is 10.2 Å². The van der Waals surface area contributed by atoms with E-state index in [-0.39, 0.29) is 0 Å². The van der Waals surface area contributed by atoms with Crippen molar-refractivity contribution in [3.05, 3.63) is 0 Å². The molecule has 108 valence electrons. The van der Waals surface area contributed by atoms with Crippen molar-refractivity contribution in [3.63, 3.8) is 0 Å². The molecule has 1 N–H and O–H groups in total. The molecule has 0 amide bonds. The maximum Gasteiger partial charge on any atom is 0.0217 e. The van der Waals surface area contributed by atoms with Crippen molar-refractivity contribution in [2.45, 2.75) is 66.3 Å². The van der Waals surface area contributed by atoms with Crippen LogP contribution in [0.25, 0.3) is 0 Å². The molecule has 1 aliphatic rings. The minimum absolute atomic E-state index is 0.655. The smallest absolute Gasteiger partial charge is 0.0217 e. The van der Waals surface area contributed by atoms with Crippen LogP contribution < -0.4 is 5.32 Å². The van der Waals surface area contributed by atoms with Crippen LogP contribution in [0.1, 0.15) is 60.3 Å². The lowest BCUT2D eigenvalue weighted by atomic mass is 9.74. The van der Waals surface area contributed by atoms with E-state index >= 15 is 0 Å². The number of nitrogens with zero attached hydrogens (tertiary/aromatic N) is 1. The first-order valence-electron chi connectivity index (χ1n) is 8.02. The van der Waals surface area contributed by atoms with E-state index in [9.17, 15) is 0 Å². The lowest BCUT2D eigenvalue weighted by Gasteiger charge is -2.42. The molecular weight excluding hydrogens is 220 g/mol. The summed E-state index contributed by atoms with van der Waals surface area (Å²) in [6.45, 7) is 16.5. The molecule has 2 heteroatoms. The summed E-state index contributed by atoms with van der Waals surface area (Å²) < 4.78 is 0. The second-order valence-corrected chi connectivity index (χ2v) is 6.42. The van der Waals surface area contributed by atoms with Crippen molar-refractivity contribution >= 4 is 0 Å². The summed E-state index contributed by atoms with van der Waals surface area (Å²) in [7, 11) is 0. The summed E-state index contributed by atoms with van der Waals surface area (Å²) in [5.74, 6) is 0.731. The molecule has 1 saturated heterocycles. The van der Waals surface area contributed by atoms with Gasteiger partial charge in [-0.05, 0) is 43.8 Å². The highest BCUT2D eigenvalue weighted by Crippen LogP contribution is 2.37. The minimum atomic E-state index is 0.655. The molecule has 0 radical (unpaired) electrons. The van der Waals surface area contributed by atoms with Crippen molar-refractivity contribution in [1.29, 1.82) is 0 Å². The first-order valence-corrected chi connectivity index (χ1v) is 8.02. The number of hydrogen-bond donors (Lipinski definition) is 1. The van der Waals surface area contributed by atoms with E-state index in [1.54, 1.807) is 0 Å². The van der Waals surface area contributed by atoms with E-state index < -0.39 is 0 Å². The lowest BCUT2D eigenvalue weighted by molar-refractivity contribution is 0.0842. The van der Waals surface area contributed by atoms with Gasteiger partial charge in [0.2, 0.25) is 0 Å². The minimum Gasteiger partial charge on any atom is -0.313 e. The van der Waals surface area contributed by atoms with Crippen molar-refractivity contribution in [2.24, 2.45) is 11.3 Å². The van der Waals surface area contributed by atoms with E-state index in [0.717, 1.165) is 12.5 Å². The molecule has 0 aliphatic carbocycles. The average Bonchev–Trinajstić information content (AvgIpc) is 2.39. The van der Waals surface area contributed by atoms with Gasteiger partial charge >= 0.3 is 0 Å². The van der Waals surface area contributed by atoms with E-state index in [1.807, 2.05) is 0 Å². The molecule has 0 aromatic heterocycles. The Bertz CT molecular complexity index is 211. The SMILES string of the molecule is CCNC(CN1CCC(CC)(CC)CC1)C(C)C. The van der Waals surface area contributed by atoms with Gasteiger partial charge in [0.1, 0.15) is 0 Å². The van der Waals surface area contributed by atoms with Crippen LogP contribution in [-0.2, 0) is 0 Å². The molecule has 1 atom stereocenters. The van der Waals surface area contributed by atoms with Crippen LogP contribution in [-0.4, -0.2) is 37.1 Å². The van der Waals surface area contributed by atoms with Gasteiger partial charge in [0.25, 0.3) is 0 Å². The first kappa shape index (κ1) is 16.0. The highest BCUT2D eigenvalue weighted by Gasteiger charge is 2.31. The van der Waals surface area contributed by atoms with Gasteiger partial charge in [-0.25, -0.2) is 0 Å². The highest BCUT2D eigenvalue weighted by molar-refractivity contribution is 4.86. The maximum absolute atomic E-state index is 3.64. The predicted octanol–water partition coefficient (Wildman–Crippen LogP) is 3.52. The number of rotatable bonds is 7. The van der Waals surface area contributed by atoms with Gasteiger partial charge in [0, 0.05) is 12.6 Å². The fraction of sp³-hybridized carbons (Fsp3) is 1.00. The molecule has 18 heavy (non-hydrogen) atoms. The fourth-order valence-electron chi connectivity index (χ4n) is 3.22. The molecule has 2 nitrogen and oxygen atoms in total. The van der Waals surface area contributed by atoms with Crippen LogP contribution in [0.4, 0.5) is 0 Å². The van der Waals surface area contributed by atoms with Gasteiger partial charge in [-0.1, -0.05) is 47.5 Å². The second-order valence-electron chi connectivity index (χ2n) is 6.42. The summed E-state index contributed by atoms with van der Waals surface area (Å²) in [6, 6.07) is 0.658. The largest absolute Gasteiger partial charge is 0.313 e. The van der Waals surface area contributed by atoms with Gasteiger partial charge in [0.15, 0.2) is 0 Å². The Morgan fingerprint density at radius 2 is 1.61 bits per heavy atom. The molecular formula is C16H34N2. The topological polar surface area (TPSA) is 15.3 Å². The predicted molar refractivity (Wildman–Crippen MR) is 81.0 cm³/mol. The molecule has 0 aromatic carbocycles. The maximum atomic E-state index is 3.64. The summed E-state index contributed by atoms with van der Waals surface area (Å²) in [4.78, 5) is 2.68. The van der Waals surface area contributed by atoms with E-state index in [4.69, 9.17) is 0 Å². The average molecular weight is 254 g/mol. The first-order chi connectivity index (χ1) is 8.56. The fourth-order valence-corrected chi connectivity index (χ4v) is 3.22. The Kier molecular flexibility index (Phi) is 6.65. The van der Waals surface area contributed by atoms with Gasteiger partial charge in [-0.15, -0.1) is 0 Å². The van der Waals surface area contributed by atoms with E-state index in [0.29, 0.717) is 11.5 Å². The molecule has 0 spiro atoms. The van der Waals surface area contributed by atoms with Gasteiger partial charge in [-0.2, -0.15) is 0 Å². The lowest BCUT2D eigenvalue weighted by Crippen LogP contribution is -2.48. The number of likely N-dealkylation sites (N-methyl/N-ethyl adjacent to an activating group) is 1. The Morgan fingerprint density at radius 3 is 2.00 bits per heavy atom. The van der Waals surface area contributed by atoms with E-state index in [1.165, 1.54) is 45.3 Å². The number of nitrogens with one attached hydrogen (secondary N) is 1. The summed E-state index contributed by atoms with van der Waals surface area (Å²) in [5, 5.41) is 3.64. The number of piperidine rings is 1. The standard InChI is InChI=1S/C16H34N2/c1-6-16(7-2)9-11-18(12-10-16)13-15(14(4)5)17-8-3/h14-15,17H,6-13H2,1-5H3. The van der Waals surface area contributed by atoms with Crippen LogP contribution in [0.5, 0.6) is 0 Å². The Morgan fingerprint density at radius 1 is 1.06 bits per heavy atom. The Balaban J connectivity index is 2.42. The Hall–Kier alpha value is -0.0800. The zero-order valence-electron chi connectivity index (χ0n) is 13.3. The van der Waals surface area contributed by atoms with Crippen molar-refractivity contribution < 1.29 is 0 Å². The van der Waals surface area contributed by atoms with Crippen LogP contribution in [0, 0.1) is 11.3 Å².